The van der Waals surface area contributed by atoms with Crippen LogP contribution in [0.2, 0.25) is 0 Å². The average molecular weight is 279 g/mol. The Morgan fingerprint density at radius 1 is 1.45 bits per heavy atom. The van der Waals surface area contributed by atoms with E-state index in [0.29, 0.717) is 6.42 Å². The summed E-state index contributed by atoms with van der Waals surface area (Å²) < 4.78 is 0. The van der Waals surface area contributed by atoms with Crippen LogP contribution >= 0.6 is 0 Å². The predicted octanol–water partition coefficient (Wildman–Crippen LogP) is 1.67. The predicted molar refractivity (Wildman–Crippen MR) is 76.2 cm³/mol. The number of carbonyl (C=O) groups excluding carboxylic acids is 1. The van der Waals surface area contributed by atoms with Gasteiger partial charge in [0.15, 0.2) is 5.69 Å². The van der Waals surface area contributed by atoms with Gasteiger partial charge in [-0.05, 0) is 24.0 Å². The van der Waals surface area contributed by atoms with Gasteiger partial charge in [0.25, 0.3) is 5.91 Å². The van der Waals surface area contributed by atoms with Crippen molar-refractivity contribution in [1.82, 2.24) is 10.3 Å². The van der Waals surface area contributed by atoms with E-state index in [4.69, 9.17) is 10.8 Å². The monoisotopic (exact) mass is 279 g/mol. The molecule has 0 saturated heterocycles. The fourth-order valence-electron chi connectivity index (χ4n) is 1.99. The first-order valence-electron chi connectivity index (χ1n) is 6.42. The average Bonchev–Trinajstić information content (AvgIpc) is 2.25. The molecule has 0 aliphatic rings. The lowest BCUT2D eigenvalue weighted by molar-refractivity contribution is -0.137. The highest BCUT2D eigenvalue weighted by molar-refractivity contribution is 5.97. The normalized spacial score (nSPS) is 12.8. The minimum atomic E-state index is -0.950. The van der Waals surface area contributed by atoms with Gasteiger partial charge in [0.05, 0.1) is 12.1 Å². The summed E-state index contributed by atoms with van der Waals surface area (Å²) in [6.45, 7) is 5.97. The summed E-state index contributed by atoms with van der Waals surface area (Å²) >= 11 is 0. The van der Waals surface area contributed by atoms with Gasteiger partial charge >= 0.3 is 5.97 Å². The van der Waals surface area contributed by atoms with Crippen LogP contribution < -0.4 is 11.1 Å². The maximum absolute atomic E-state index is 12.1. The number of carboxylic acids is 1. The van der Waals surface area contributed by atoms with Gasteiger partial charge in [-0.1, -0.05) is 20.8 Å². The molecule has 0 spiro atoms. The van der Waals surface area contributed by atoms with E-state index in [2.05, 4.69) is 10.3 Å². The standard InChI is InChI=1S/C14H21N3O3/c1-14(2,3)8-9(7-11(18)19)17-13(20)12-10(15)5-4-6-16-12/h4-6,9H,7-8,15H2,1-3H3,(H,17,20)(H,18,19). The Kier molecular flexibility index (Phi) is 5.07. The molecule has 1 unspecified atom stereocenters. The number of carbonyl (C=O) groups is 2. The number of anilines is 1. The molecular formula is C14H21N3O3. The van der Waals surface area contributed by atoms with Gasteiger partial charge in [-0.25, -0.2) is 4.98 Å². The Morgan fingerprint density at radius 2 is 2.10 bits per heavy atom. The molecule has 1 rings (SSSR count). The highest BCUT2D eigenvalue weighted by Crippen LogP contribution is 2.22. The van der Waals surface area contributed by atoms with Gasteiger partial charge in [0.1, 0.15) is 0 Å². The molecule has 1 atom stereocenters. The Labute approximate surface area is 118 Å². The molecule has 0 fully saturated rings. The zero-order valence-corrected chi connectivity index (χ0v) is 12.0. The number of rotatable bonds is 5. The van der Waals surface area contributed by atoms with Gasteiger partial charge < -0.3 is 16.2 Å². The molecule has 1 aromatic heterocycles. The lowest BCUT2D eigenvalue weighted by Crippen LogP contribution is -2.39. The number of nitrogens with zero attached hydrogens (tertiary/aromatic N) is 1. The zero-order chi connectivity index (χ0) is 15.3. The van der Waals surface area contributed by atoms with Crippen LogP contribution in [0.25, 0.3) is 0 Å². The molecule has 0 radical (unpaired) electrons. The van der Waals surface area contributed by atoms with Gasteiger partial charge in [0.2, 0.25) is 0 Å². The van der Waals surface area contributed by atoms with Crippen LogP contribution in [-0.4, -0.2) is 28.0 Å². The molecule has 0 aliphatic heterocycles. The number of hydrogen-bond donors (Lipinski definition) is 3. The molecule has 110 valence electrons. The summed E-state index contributed by atoms with van der Waals surface area (Å²) in [7, 11) is 0. The van der Waals surface area contributed by atoms with Crippen LogP contribution in [0.3, 0.4) is 0 Å². The first-order valence-corrected chi connectivity index (χ1v) is 6.42. The van der Waals surface area contributed by atoms with Crippen molar-refractivity contribution < 1.29 is 14.7 Å². The number of aromatic nitrogens is 1. The van der Waals surface area contributed by atoms with Crippen molar-refractivity contribution in [3.63, 3.8) is 0 Å². The summed E-state index contributed by atoms with van der Waals surface area (Å²) in [6.07, 6.45) is 1.90. The van der Waals surface area contributed by atoms with E-state index in [1.54, 1.807) is 12.1 Å². The first-order chi connectivity index (χ1) is 9.19. The number of nitrogens with one attached hydrogen (secondary N) is 1. The summed E-state index contributed by atoms with van der Waals surface area (Å²) in [5.41, 5.74) is 5.99. The summed E-state index contributed by atoms with van der Waals surface area (Å²) in [5.74, 6) is -1.40. The lowest BCUT2D eigenvalue weighted by Gasteiger charge is -2.25. The Morgan fingerprint density at radius 3 is 2.60 bits per heavy atom. The fraction of sp³-hybridized carbons (Fsp3) is 0.500. The number of nitrogen functional groups attached to an aromatic ring is 1. The van der Waals surface area contributed by atoms with Crippen molar-refractivity contribution in [2.45, 2.75) is 39.7 Å². The first kappa shape index (κ1) is 15.9. The van der Waals surface area contributed by atoms with Crippen molar-refractivity contribution in [2.75, 3.05) is 5.73 Å². The Balaban J connectivity index is 2.81. The second-order valence-corrected chi connectivity index (χ2v) is 5.97. The minimum Gasteiger partial charge on any atom is -0.481 e. The SMILES string of the molecule is CC(C)(C)CC(CC(=O)O)NC(=O)c1ncccc1N. The van der Waals surface area contributed by atoms with Crippen LogP contribution in [-0.2, 0) is 4.79 Å². The molecule has 0 bridgehead atoms. The summed E-state index contributed by atoms with van der Waals surface area (Å²) in [5, 5.41) is 11.6. The third-order valence-corrected chi connectivity index (χ3v) is 2.67. The summed E-state index contributed by atoms with van der Waals surface area (Å²) in [6, 6.07) is 2.76. The van der Waals surface area contributed by atoms with E-state index >= 15 is 0 Å². The maximum Gasteiger partial charge on any atom is 0.305 e. The van der Waals surface area contributed by atoms with E-state index < -0.39 is 17.9 Å². The smallest absolute Gasteiger partial charge is 0.305 e. The van der Waals surface area contributed by atoms with Crippen molar-refractivity contribution in [3.05, 3.63) is 24.0 Å². The molecule has 0 aromatic carbocycles. The van der Waals surface area contributed by atoms with E-state index in [1.165, 1.54) is 6.20 Å². The van der Waals surface area contributed by atoms with E-state index in [0.717, 1.165) is 0 Å². The molecule has 20 heavy (non-hydrogen) atoms. The minimum absolute atomic E-state index is 0.0942. The fourth-order valence-corrected chi connectivity index (χ4v) is 1.99. The molecule has 0 saturated carbocycles. The van der Waals surface area contributed by atoms with Crippen molar-refractivity contribution in [1.29, 1.82) is 0 Å². The van der Waals surface area contributed by atoms with E-state index in [1.807, 2.05) is 20.8 Å². The third kappa shape index (κ3) is 5.26. The third-order valence-electron chi connectivity index (χ3n) is 2.67. The molecule has 1 aromatic rings. The largest absolute Gasteiger partial charge is 0.481 e. The highest BCUT2D eigenvalue weighted by Gasteiger charge is 2.24. The van der Waals surface area contributed by atoms with Crippen molar-refractivity contribution >= 4 is 17.6 Å². The van der Waals surface area contributed by atoms with Crippen LogP contribution in [0.4, 0.5) is 5.69 Å². The number of nitrogens with two attached hydrogens (primary N) is 1. The van der Waals surface area contributed by atoms with Gasteiger partial charge in [-0.3, -0.25) is 9.59 Å². The zero-order valence-electron chi connectivity index (χ0n) is 12.0. The van der Waals surface area contributed by atoms with Crippen LogP contribution in [0.5, 0.6) is 0 Å². The maximum atomic E-state index is 12.1. The second kappa shape index (κ2) is 6.36. The highest BCUT2D eigenvalue weighted by atomic mass is 16.4. The number of aliphatic carboxylic acids is 1. The molecule has 0 aliphatic carbocycles. The lowest BCUT2D eigenvalue weighted by atomic mass is 9.87. The topological polar surface area (TPSA) is 105 Å². The van der Waals surface area contributed by atoms with Crippen LogP contribution in [0.15, 0.2) is 18.3 Å². The van der Waals surface area contributed by atoms with Gasteiger partial charge in [-0.2, -0.15) is 0 Å². The number of hydrogen-bond acceptors (Lipinski definition) is 4. The molecule has 4 N–H and O–H groups in total. The van der Waals surface area contributed by atoms with Gasteiger partial charge in [0, 0.05) is 12.2 Å². The molecule has 1 heterocycles. The molecule has 1 amide bonds. The molecule has 6 nitrogen and oxygen atoms in total. The number of amides is 1. The molecule has 6 heteroatoms. The summed E-state index contributed by atoms with van der Waals surface area (Å²) in [4.78, 5) is 26.9. The van der Waals surface area contributed by atoms with Crippen molar-refractivity contribution in [3.8, 4) is 0 Å². The van der Waals surface area contributed by atoms with Gasteiger partial charge in [-0.15, -0.1) is 0 Å². The number of pyridine rings is 1. The van der Waals surface area contributed by atoms with Crippen LogP contribution in [0.1, 0.15) is 44.1 Å². The van der Waals surface area contributed by atoms with E-state index in [-0.39, 0.29) is 23.2 Å². The Bertz CT molecular complexity index is 495. The second-order valence-electron chi connectivity index (χ2n) is 5.97. The molecular weight excluding hydrogens is 258 g/mol. The number of carboxylic acid groups (broad SMARTS) is 1. The quantitative estimate of drug-likeness (QED) is 0.760. The van der Waals surface area contributed by atoms with Crippen molar-refractivity contribution in [2.24, 2.45) is 5.41 Å². The Hall–Kier alpha value is -2.11. The van der Waals surface area contributed by atoms with E-state index in [9.17, 15) is 9.59 Å². The van der Waals surface area contributed by atoms with Crippen LogP contribution in [0, 0.1) is 5.41 Å².